The van der Waals surface area contributed by atoms with Crippen molar-refractivity contribution in [1.82, 2.24) is 20.0 Å². The van der Waals surface area contributed by atoms with Crippen LogP contribution in [0.1, 0.15) is 29.4 Å². The van der Waals surface area contributed by atoms with E-state index in [4.69, 9.17) is 16.3 Å². The fraction of sp³-hybridized carbons (Fsp3) is 0.450. The number of nitrogens with zero attached hydrogens (tertiary/aromatic N) is 3. The van der Waals surface area contributed by atoms with Gasteiger partial charge in [0.1, 0.15) is 0 Å². The molecule has 2 aliphatic rings. The number of benzene rings is 1. The first-order chi connectivity index (χ1) is 13.5. The zero-order valence-corrected chi connectivity index (χ0v) is 16.6. The van der Waals surface area contributed by atoms with E-state index >= 15 is 0 Å². The van der Waals surface area contributed by atoms with E-state index in [2.05, 4.69) is 10.2 Å². The lowest BCUT2D eigenvalue weighted by molar-refractivity contribution is -0.147. The molecule has 0 aliphatic carbocycles. The van der Waals surface area contributed by atoms with Gasteiger partial charge in [-0.1, -0.05) is 41.9 Å². The Morgan fingerprint density at radius 1 is 1.36 bits per heavy atom. The summed E-state index contributed by atoms with van der Waals surface area (Å²) in [4.78, 5) is 29.5. The highest BCUT2D eigenvalue weighted by molar-refractivity contribution is 6.31. The number of rotatable bonds is 4. The summed E-state index contributed by atoms with van der Waals surface area (Å²) in [6, 6.07) is 9.39. The van der Waals surface area contributed by atoms with Crippen molar-refractivity contribution in [2.45, 2.75) is 32.0 Å². The molecule has 2 saturated heterocycles. The predicted molar refractivity (Wildman–Crippen MR) is 104 cm³/mol. The number of ether oxygens (including phenoxy) is 1. The minimum atomic E-state index is -0.363. The number of aromatic nitrogens is 2. The van der Waals surface area contributed by atoms with Crippen molar-refractivity contribution in [3.63, 3.8) is 0 Å². The maximum absolute atomic E-state index is 13.1. The molecule has 0 spiro atoms. The number of hydrogen-bond acceptors (Lipinski definition) is 5. The van der Waals surface area contributed by atoms with Crippen molar-refractivity contribution in [1.29, 1.82) is 0 Å². The summed E-state index contributed by atoms with van der Waals surface area (Å²) in [6.07, 6.45) is 0.585. The van der Waals surface area contributed by atoms with Crippen LogP contribution in [0.15, 0.2) is 30.3 Å². The average Bonchev–Trinajstić information content (AvgIpc) is 3.24. The molecule has 1 aromatic carbocycles. The average molecular weight is 403 g/mol. The number of methoxy groups -OCH3 is 1. The summed E-state index contributed by atoms with van der Waals surface area (Å²) in [5.74, 6) is -0.619. The van der Waals surface area contributed by atoms with Crippen LogP contribution in [-0.2, 0) is 20.9 Å². The molecule has 3 heterocycles. The molecule has 1 aromatic heterocycles. The van der Waals surface area contributed by atoms with E-state index in [1.807, 2.05) is 47.1 Å². The van der Waals surface area contributed by atoms with Crippen LogP contribution in [0.5, 0.6) is 0 Å². The Morgan fingerprint density at radius 2 is 2.11 bits per heavy atom. The molecule has 148 valence electrons. The third-order valence-electron chi connectivity index (χ3n) is 5.68. The maximum Gasteiger partial charge on any atom is 0.311 e. The van der Waals surface area contributed by atoms with Gasteiger partial charge in [0.25, 0.3) is 0 Å². The molecule has 28 heavy (non-hydrogen) atoms. The van der Waals surface area contributed by atoms with Crippen LogP contribution < -0.4 is 0 Å². The van der Waals surface area contributed by atoms with E-state index in [9.17, 15) is 9.59 Å². The summed E-state index contributed by atoms with van der Waals surface area (Å²) in [5.41, 5.74) is 2.52. The summed E-state index contributed by atoms with van der Waals surface area (Å²) < 4.78 is 5.05. The van der Waals surface area contributed by atoms with Gasteiger partial charge in [-0.3, -0.25) is 19.6 Å². The molecule has 0 radical (unpaired) electrons. The fourth-order valence-corrected chi connectivity index (χ4v) is 4.58. The van der Waals surface area contributed by atoms with Gasteiger partial charge in [-0.2, -0.15) is 5.10 Å². The second-order valence-corrected chi connectivity index (χ2v) is 7.83. The van der Waals surface area contributed by atoms with Gasteiger partial charge in [-0.05, 0) is 18.9 Å². The van der Waals surface area contributed by atoms with Crippen LogP contribution in [0.3, 0.4) is 0 Å². The van der Waals surface area contributed by atoms with Crippen molar-refractivity contribution in [3.8, 4) is 0 Å². The highest BCUT2D eigenvalue weighted by atomic mass is 35.5. The number of carbonyl (C=O) groups excluding carboxylic acids is 2. The third-order valence-corrected chi connectivity index (χ3v) is 6.18. The van der Waals surface area contributed by atoms with Gasteiger partial charge in [-0.15, -0.1) is 0 Å². The van der Waals surface area contributed by atoms with Gasteiger partial charge in [0.15, 0.2) is 0 Å². The number of carbonyl (C=O) groups is 2. The normalized spacial score (nSPS) is 25.0. The number of nitrogens with one attached hydrogen (secondary N) is 1. The van der Waals surface area contributed by atoms with Crippen molar-refractivity contribution in [3.05, 3.63) is 52.3 Å². The second kappa shape index (κ2) is 7.56. The number of fused-ring (bicyclic) bond motifs is 1. The molecule has 0 unspecified atom stereocenters. The molecule has 2 fully saturated rings. The molecular formula is C20H23ClN4O3. The topological polar surface area (TPSA) is 78.5 Å². The Labute approximate surface area is 168 Å². The number of hydrogen-bond donors (Lipinski definition) is 1. The number of piperazine rings is 1. The largest absolute Gasteiger partial charge is 0.469 e. The van der Waals surface area contributed by atoms with Gasteiger partial charge in [0, 0.05) is 19.1 Å². The number of aromatic amines is 1. The number of amides is 1. The second-order valence-electron chi connectivity index (χ2n) is 7.45. The van der Waals surface area contributed by atoms with Crippen molar-refractivity contribution >= 4 is 23.5 Å². The van der Waals surface area contributed by atoms with Crippen LogP contribution in [-0.4, -0.2) is 58.1 Å². The third kappa shape index (κ3) is 3.29. The Hall–Kier alpha value is -2.38. The van der Waals surface area contributed by atoms with E-state index in [0.29, 0.717) is 24.5 Å². The Bertz CT molecular complexity index is 885. The number of halogens is 1. The minimum absolute atomic E-state index is 0.0138. The van der Waals surface area contributed by atoms with E-state index in [-0.39, 0.29) is 36.4 Å². The molecule has 4 rings (SSSR count). The first-order valence-corrected chi connectivity index (χ1v) is 9.73. The monoisotopic (exact) mass is 402 g/mol. The van der Waals surface area contributed by atoms with Crippen molar-refractivity contribution < 1.29 is 14.3 Å². The lowest BCUT2D eigenvalue weighted by atomic mass is 9.93. The van der Waals surface area contributed by atoms with Gasteiger partial charge in [0.2, 0.25) is 5.91 Å². The highest BCUT2D eigenvalue weighted by Crippen LogP contribution is 2.43. The zero-order valence-electron chi connectivity index (χ0n) is 15.9. The van der Waals surface area contributed by atoms with E-state index < -0.39 is 0 Å². The molecular weight excluding hydrogens is 380 g/mol. The first kappa shape index (κ1) is 19.0. The molecule has 0 saturated carbocycles. The zero-order chi connectivity index (χ0) is 19.8. The van der Waals surface area contributed by atoms with E-state index in [0.717, 1.165) is 17.0 Å². The maximum atomic E-state index is 13.1. The van der Waals surface area contributed by atoms with Crippen molar-refractivity contribution in [2.75, 3.05) is 20.2 Å². The molecule has 1 N–H and O–H groups in total. The van der Waals surface area contributed by atoms with Crippen molar-refractivity contribution in [2.24, 2.45) is 5.92 Å². The summed E-state index contributed by atoms with van der Waals surface area (Å²) in [6.45, 7) is 3.31. The standard InChI is InChI=1S/C20H23ClN4O3/c1-12-18(21)16(23-22-12)10-24-9-14-8-15(20(27)28-2)19(25(14)17(26)11-24)13-6-4-3-5-7-13/h3-7,14-15,19H,8-11H2,1-2H3,(H,22,23)/t14-,15-,19-/m0/s1. The lowest BCUT2D eigenvalue weighted by Crippen LogP contribution is -2.54. The van der Waals surface area contributed by atoms with Crippen LogP contribution in [0.4, 0.5) is 0 Å². The van der Waals surface area contributed by atoms with Crippen LogP contribution in [0, 0.1) is 12.8 Å². The molecule has 8 heteroatoms. The highest BCUT2D eigenvalue weighted by Gasteiger charge is 2.50. The van der Waals surface area contributed by atoms with Crippen LogP contribution in [0.2, 0.25) is 5.02 Å². The first-order valence-electron chi connectivity index (χ1n) is 9.35. The Balaban J connectivity index is 1.59. The van der Waals surface area contributed by atoms with Crippen LogP contribution >= 0.6 is 11.6 Å². The molecule has 1 amide bonds. The molecule has 3 atom stereocenters. The van der Waals surface area contributed by atoms with Gasteiger partial charge >= 0.3 is 5.97 Å². The van der Waals surface area contributed by atoms with E-state index in [1.165, 1.54) is 7.11 Å². The summed E-state index contributed by atoms with van der Waals surface area (Å²) in [5, 5.41) is 7.73. The molecule has 7 nitrogen and oxygen atoms in total. The van der Waals surface area contributed by atoms with E-state index in [1.54, 1.807) is 0 Å². The van der Waals surface area contributed by atoms with Crippen LogP contribution in [0.25, 0.3) is 0 Å². The number of H-pyrrole nitrogens is 1. The predicted octanol–water partition coefficient (Wildman–Crippen LogP) is 2.32. The lowest BCUT2D eigenvalue weighted by Gasteiger charge is -2.39. The fourth-order valence-electron chi connectivity index (χ4n) is 4.44. The quantitative estimate of drug-likeness (QED) is 0.794. The molecule has 0 bridgehead atoms. The van der Waals surface area contributed by atoms with Gasteiger partial charge < -0.3 is 9.64 Å². The number of aryl methyl sites for hydroxylation is 1. The summed E-state index contributed by atoms with van der Waals surface area (Å²) in [7, 11) is 1.40. The molecule has 2 aliphatic heterocycles. The minimum Gasteiger partial charge on any atom is -0.469 e. The Kier molecular flexibility index (Phi) is 5.12. The van der Waals surface area contributed by atoms with Gasteiger partial charge in [-0.25, -0.2) is 0 Å². The van der Waals surface area contributed by atoms with Gasteiger partial charge in [0.05, 0.1) is 42.0 Å². The smallest absolute Gasteiger partial charge is 0.311 e. The molecule has 2 aromatic rings. The SMILES string of the molecule is COC(=O)[C@H]1C[C@H]2CN(Cc3n[nH]c(C)c3Cl)CC(=O)N2[C@H]1c1ccccc1. The Morgan fingerprint density at radius 3 is 2.75 bits per heavy atom. The summed E-state index contributed by atoms with van der Waals surface area (Å²) >= 11 is 6.29. The number of esters is 1.